The minimum Gasteiger partial charge on any atom is -0.478 e. The van der Waals surface area contributed by atoms with Crippen molar-refractivity contribution >= 4 is 23.6 Å². The second-order valence-corrected chi connectivity index (χ2v) is 4.72. The summed E-state index contributed by atoms with van der Waals surface area (Å²) in [6, 6.07) is 10.9. The normalized spacial score (nSPS) is 10.6. The number of rotatable bonds is 4. The summed E-state index contributed by atoms with van der Waals surface area (Å²) < 4.78 is 13.2. The van der Waals surface area contributed by atoms with Crippen LogP contribution in [-0.2, 0) is 4.79 Å². The van der Waals surface area contributed by atoms with Crippen LogP contribution in [0.3, 0.4) is 0 Å². The van der Waals surface area contributed by atoms with E-state index in [1.165, 1.54) is 18.2 Å². The summed E-state index contributed by atoms with van der Waals surface area (Å²) in [4.78, 5) is 22.7. The van der Waals surface area contributed by atoms with E-state index in [0.29, 0.717) is 22.4 Å². The number of amides is 1. The van der Waals surface area contributed by atoms with E-state index in [1.807, 2.05) is 0 Å². The zero-order valence-corrected chi connectivity index (χ0v) is 11.8. The van der Waals surface area contributed by atoms with Crippen LogP contribution in [-0.4, -0.2) is 17.0 Å². The Kier molecular flexibility index (Phi) is 4.68. The standard InChI is InChI=1S/C17H14FNO3/c1-11-9-14(6-7-15(11)18)19-17(22)13-4-2-3-12(10-13)5-8-16(20)21/h2-10H,1H3,(H,19,22)(H,20,21)/b8-5+. The van der Waals surface area contributed by atoms with Gasteiger partial charge >= 0.3 is 5.97 Å². The van der Waals surface area contributed by atoms with E-state index in [9.17, 15) is 14.0 Å². The maximum Gasteiger partial charge on any atom is 0.328 e. The molecule has 0 bridgehead atoms. The average molecular weight is 299 g/mol. The Morgan fingerprint density at radius 2 is 1.95 bits per heavy atom. The molecule has 0 aliphatic heterocycles. The van der Waals surface area contributed by atoms with Crippen LogP contribution in [0.5, 0.6) is 0 Å². The molecule has 0 saturated carbocycles. The Bertz CT molecular complexity index is 753. The SMILES string of the molecule is Cc1cc(NC(=O)c2cccc(/C=C/C(=O)O)c2)ccc1F. The average Bonchev–Trinajstić information content (AvgIpc) is 2.49. The van der Waals surface area contributed by atoms with Crippen LogP contribution >= 0.6 is 0 Å². The van der Waals surface area contributed by atoms with Crippen LogP contribution in [0.4, 0.5) is 10.1 Å². The summed E-state index contributed by atoms with van der Waals surface area (Å²) >= 11 is 0. The molecule has 2 aromatic carbocycles. The molecule has 2 aromatic rings. The molecule has 4 nitrogen and oxygen atoms in total. The van der Waals surface area contributed by atoms with Gasteiger partial charge in [-0.1, -0.05) is 12.1 Å². The van der Waals surface area contributed by atoms with Crippen LogP contribution < -0.4 is 5.32 Å². The van der Waals surface area contributed by atoms with Crippen molar-refractivity contribution < 1.29 is 19.1 Å². The monoisotopic (exact) mass is 299 g/mol. The topological polar surface area (TPSA) is 66.4 Å². The molecule has 0 aliphatic carbocycles. The Morgan fingerprint density at radius 3 is 2.64 bits per heavy atom. The Balaban J connectivity index is 2.17. The molecule has 2 N–H and O–H groups in total. The van der Waals surface area contributed by atoms with Crippen molar-refractivity contribution in [2.24, 2.45) is 0 Å². The predicted octanol–water partition coefficient (Wildman–Crippen LogP) is 3.48. The molecule has 112 valence electrons. The number of aryl methyl sites for hydroxylation is 1. The third-order valence-electron chi connectivity index (χ3n) is 2.98. The fourth-order valence-electron chi connectivity index (χ4n) is 1.88. The van der Waals surface area contributed by atoms with Crippen molar-refractivity contribution in [1.82, 2.24) is 0 Å². The first-order valence-electron chi connectivity index (χ1n) is 6.54. The number of carboxylic acids is 1. The molecule has 0 aliphatic rings. The summed E-state index contributed by atoms with van der Waals surface area (Å²) in [6.07, 6.45) is 2.40. The molecule has 0 heterocycles. The van der Waals surface area contributed by atoms with E-state index >= 15 is 0 Å². The molecule has 0 radical (unpaired) electrons. The number of benzene rings is 2. The van der Waals surface area contributed by atoms with Gasteiger partial charge in [0.1, 0.15) is 5.82 Å². The predicted molar refractivity (Wildman–Crippen MR) is 82.2 cm³/mol. The van der Waals surface area contributed by atoms with Gasteiger partial charge in [-0.2, -0.15) is 0 Å². The second-order valence-electron chi connectivity index (χ2n) is 4.72. The van der Waals surface area contributed by atoms with Gasteiger partial charge in [0.25, 0.3) is 5.91 Å². The van der Waals surface area contributed by atoms with Crippen LogP contribution in [0.15, 0.2) is 48.5 Å². The summed E-state index contributed by atoms with van der Waals surface area (Å²) in [5.41, 5.74) is 1.92. The number of anilines is 1. The van der Waals surface area contributed by atoms with Crippen molar-refractivity contribution in [3.8, 4) is 0 Å². The molecule has 0 spiro atoms. The molecule has 0 atom stereocenters. The van der Waals surface area contributed by atoms with Gasteiger partial charge in [-0.3, -0.25) is 4.79 Å². The molecule has 0 saturated heterocycles. The number of nitrogens with one attached hydrogen (secondary N) is 1. The van der Waals surface area contributed by atoms with E-state index in [0.717, 1.165) is 6.08 Å². The molecule has 22 heavy (non-hydrogen) atoms. The van der Waals surface area contributed by atoms with Crippen molar-refractivity contribution in [1.29, 1.82) is 0 Å². The van der Waals surface area contributed by atoms with Crippen LogP contribution in [0, 0.1) is 12.7 Å². The highest BCUT2D eigenvalue weighted by Crippen LogP contribution is 2.15. The van der Waals surface area contributed by atoms with Gasteiger partial charge < -0.3 is 10.4 Å². The van der Waals surface area contributed by atoms with Crippen LogP contribution in [0.25, 0.3) is 6.08 Å². The molecule has 0 fully saturated rings. The zero-order chi connectivity index (χ0) is 16.1. The van der Waals surface area contributed by atoms with Gasteiger partial charge in [-0.05, 0) is 54.5 Å². The summed E-state index contributed by atoms with van der Waals surface area (Å²) in [7, 11) is 0. The summed E-state index contributed by atoms with van der Waals surface area (Å²) in [5.74, 6) is -1.74. The van der Waals surface area contributed by atoms with Gasteiger partial charge in [0.2, 0.25) is 0 Å². The number of carbonyl (C=O) groups is 2. The van der Waals surface area contributed by atoms with Gasteiger partial charge in [0.15, 0.2) is 0 Å². The first-order valence-corrected chi connectivity index (χ1v) is 6.54. The fraction of sp³-hybridized carbons (Fsp3) is 0.0588. The Labute approximate surface area is 126 Å². The fourth-order valence-corrected chi connectivity index (χ4v) is 1.88. The number of hydrogen-bond acceptors (Lipinski definition) is 2. The molecular weight excluding hydrogens is 285 g/mol. The van der Waals surface area contributed by atoms with E-state index in [2.05, 4.69) is 5.32 Å². The smallest absolute Gasteiger partial charge is 0.328 e. The molecule has 2 rings (SSSR count). The number of carboxylic acid groups (broad SMARTS) is 1. The minimum absolute atomic E-state index is 0.334. The highest BCUT2D eigenvalue weighted by Gasteiger charge is 2.07. The van der Waals surface area contributed by atoms with Crippen molar-refractivity contribution in [3.05, 3.63) is 71.0 Å². The number of carbonyl (C=O) groups excluding carboxylic acids is 1. The Hall–Kier alpha value is -2.95. The molecule has 5 heteroatoms. The van der Waals surface area contributed by atoms with Crippen molar-refractivity contribution in [3.63, 3.8) is 0 Å². The van der Waals surface area contributed by atoms with E-state index < -0.39 is 5.97 Å². The third-order valence-corrected chi connectivity index (χ3v) is 2.98. The lowest BCUT2D eigenvalue weighted by Crippen LogP contribution is -2.12. The lowest BCUT2D eigenvalue weighted by molar-refractivity contribution is -0.131. The van der Waals surface area contributed by atoms with Crippen molar-refractivity contribution in [2.45, 2.75) is 6.92 Å². The summed E-state index contributed by atoms with van der Waals surface area (Å²) in [6.45, 7) is 1.61. The number of aliphatic carboxylic acids is 1. The summed E-state index contributed by atoms with van der Waals surface area (Å²) in [5, 5.41) is 11.3. The minimum atomic E-state index is -1.06. The van der Waals surface area contributed by atoms with Gasteiger partial charge in [0, 0.05) is 17.3 Å². The van der Waals surface area contributed by atoms with E-state index in [-0.39, 0.29) is 11.7 Å². The van der Waals surface area contributed by atoms with Gasteiger partial charge in [-0.15, -0.1) is 0 Å². The molecular formula is C17H14FNO3. The van der Waals surface area contributed by atoms with Crippen LogP contribution in [0.1, 0.15) is 21.5 Å². The highest BCUT2D eigenvalue weighted by molar-refractivity contribution is 6.04. The highest BCUT2D eigenvalue weighted by atomic mass is 19.1. The van der Waals surface area contributed by atoms with Crippen LogP contribution in [0.2, 0.25) is 0 Å². The largest absolute Gasteiger partial charge is 0.478 e. The lowest BCUT2D eigenvalue weighted by Gasteiger charge is -2.07. The first-order chi connectivity index (χ1) is 10.5. The van der Waals surface area contributed by atoms with E-state index in [1.54, 1.807) is 37.3 Å². The number of halogens is 1. The Morgan fingerprint density at radius 1 is 1.18 bits per heavy atom. The number of hydrogen-bond donors (Lipinski definition) is 2. The van der Waals surface area contributed by atoms with Gasteiger partial charge in [-0.25, -0.2) is 9.18 Å². The third kappa shape index (κ3) is 4.02. The second kappa shape index (κ2) is 6.67. The molecule has 0 unspecified atom stereocenters. The quantitative estimate of drug-likeness (QED) is 0.849. The maximum atomic E-state index is 13.2. The van der Waals surface area contributed by atoms with E-state index in [4.69, 9.17) is 5.11 Å². The maximum absolute atomic E-state index is 13.2. The lowest BCUT2D eigenvalue weighted by atomic mass is 10.1. The first kappa shape index (κ1) is 15.4. The molecule has 0 aromatic heterocycles. The van der Waals surface area contributed by atoms with Crippen molar-refractivity contribution in [2.75, 3.05) is 5.32 Å². The zero-order valence-electron chi connectivity index (χ0n) is 11.8. The molecule has 1 amide bonds. The van der Waals surface area contributed by atoms with Gasteiger partial charge in [0.05, 0.1) is 0 Å².